The molecule has 1 heterocycles. The highest BCUT2D eigenvalue weighted by Gasteiger charge is 2.23. The number of amides is 3. The number of nitrogens with one attached hydrogen (secondary N) is 2. The van der Waals surface area contributed by atoms with Gasteiger partial charge in [0.25, 0.3) is 0 Å². The SMILES string of the molecule is CCC(=O)N1CCc2cc(CNC(=O)Nc3cccc(F)c3)ccc21. The van der Waals surface area contributed by atoms with Crippen LogP contribution in [0.5, 0.6) is 0 Å². The molecule has 0 saturated carbocycles. The molecule has 3 amide bonds. The van der Waals surface area contributed by atoms with Crippen molar-refractivity contribution in [3.63, 3.8) is 0 Å². The molecule has 2 aromatic rings. The second-order valence-corrected chi connectivity index (χ2v) is 5.93. The van der Waals surface area contributed by atoms with Crippen LogP contribution >= 0.6 is 0 Å². The number of hydrogen-bond acceptors (Lipinski definition) is 2. The monoisotopic (exact) mass is 341 g/mol. The number of fused-ring (bicyclic) bond motifs is 1. The van der Waals surface area contributed by atoms with Crippen molar-refractivity contribution in [1.82, 2.24) is 5.32 Å². The number of anilines is 2. The van der Waals surface area contributed by atoms with Gasteiger partial charge in [-0.3, -0.25) is 4.79 Å². The Kier molecular flexibility index (Phi) is 4.97. The number of hydrogen-bond donors (Lipinski definition) is 2. The Balaban J connectivity index is 1.59. The zero-order chi connectivity index (χ0) is 17.8. The number of urea groups is 1. The maximum Gasteiger partial charge on any atom is 0.319 e. The number of carbonyl (C=O) groups is 2. The average Bonchev–Trinajstić information content (AvgIpc) is 3.02. The summed E-state index contributed by atoms with van der Waals surface area (Å²) >= 11 is 0. The summed E-state index contributed by atoms with van der Waals surface area (Å²) in [4.78, 5) is 25.6. The molecule has 3 rings (SSSR count). The molecule has 5 nitrogen and oxygen atoms in total. The van der Waals surface area contributed by atoms with Crippen molar-refractivity contribution in [2.24, 2.45) is 0 Å². The van der Waals surface area contributed by atoms with Crippen LogP contribution in [0.25, 0.3) is 0 Å². The zero-order valence-corrected chi connectivity index (χ0v) is 14.0. The second kappa shape index (κ2) is 7.34. The van der Waals surface area contributed by atoms with Gasteiger partial charge < -0.3 is 15.5 Å². The number of nitrogens with zero attached hydrogens (tertiary/aromatic N) is 1. The predicted molar refractivity (Wildman–Crippen MR) is 95.0 cm³/mol. The normalized spacial score (nSPS) is 12.6. The molecule has 1 aliphatic heterocycles. The van der Waals surface area contributed by atoms with E-state index in [1.54, 1.807) is 6.07 Å². The summed E-state index contributed by atoms with van der Waals surface area (Å²) in [5.74, 6) is -0.276. The Hall–Kier alpha value is -2.89. The van der Waals surface area contributed by atoms with Crippen molar-refractivity contribution < 1.29 is 14.0 Å². The summed E-state index contributed by atoms with van der Waals surface area (Å²) in [6, 6.07) is 11.2. The predicted octanol–water partition coefficient (Wildman–Crippen LogP) is 3.45. The summed E-state index contributed by atoms with van der Waals surface area (Å²) in [7, 11) is 0. The van der Waals surface area contributed by atoms with Crippen molar-refractivity contribution in [2.45, 2.75) is 26.3 Å². The van der Waals surface area contributed by atoms with Crippen LogP contribution in [0.15, 0.2) is 42.5 Å². The third kappa shape index (κ3) is 3.96. The highest BCUT2D eigenvalue weighted by Crippen LogP contribution is 2.29. The molecule has 0 fully saturated rings. The maximum atomic E-state index is 13.1. The van der Waals surface area contributed by atoms with Crippen LogP contribution in [0.4, 0.5) is 20.6 Å². The fourth-order valence-corrected chi connectivity index (χ4v) is 2.94. The van der Waals surface area contributed by atoms with Crippen LogP contribution in [0.1, 0.15) is 24.5 Å². The molecule has 25 heavy (non-hydrogen) atoms. The van der Waals surface area contributed by atoms with Crippen molar-refractivity contribution >= 4 is 23.3 Å². The van der Waals surface area contributed by atoms with E-state index in [9.17, 15) is 14.0 Å². The number of benzene rings is 2. The molecular weight excluding hydrogens is 321 g/mol. The quantitative estimate of drug-likeness (QED) is 0.895. The Morgan fingerprint density at radius 1 is 1.20 bits per heavy atom. The largest absolute Gasteiger partial charge is 0.334 e. The van der Waals surface area contributed by atoms with Crippen LogP contribution in [0, 0.1) is 5.82 Å². The van der Waals surface area contributed by atoms with E-state index in [-0.39, 0.29) is 5.91 Å². The first-order valence-corrected chi connectivity index (χ1v) is 8.29. The minimum Gasteiger partial charge on any atom is -0.334 e. The van der Waals surface area contributed by atoms with Crippen molar-refractivity contribution in [2.75, 3.05) is 16.8 Å². The van der Waals surface area contributed by atoms with Crippen molar-refractivity contribution in [1.29, 1.82) is 0 Å². The zero-order valence-electron chi connectivity index (χ0n) is 14.0. The van der Waals surface area contributed by atoms with Gasteiger partial charge in [0.05, 0.1) is 0 Å². The fraction of sp³-hybridized carbons (Fsp3) is 0.263. The second-order valence-electron chi connectivity index (χ2n) is 5.93. The van der Waals surface area contributed by atoms with Crippen LogP contribution < -0.4 is 15.5 Å². The van der Waals surface area contributed by atoms with Crippen LogP contribution in [0.3, 0.4) is 0 Å². The Bertz CT molecular complexity index is 807. The molecule has 2 aromatic carbocycles. The summed E-state index contributed by atoms with van der Waals surface area (Å²) in [5, 5.41) is 5.34. The molecule has 0 bridgehead atoms. The van der Waals surface area contributed by atoms with Gasteiger partial charge in [0, 0.05) is 30.9 Å². The van der Waals surface area contributed by atoms with Gasteiger partial charge >= 0.3 is 6.03 Å². The van der Waals surface area contributed by atoms with E-state index in [0.717, 1.165) is 23.2 Å². The van der Waals surface area contributed by atoms with E-state index in [1.807, 2.05) is 30.0 Å². The third-order valence-electron chi connectivity index (χ3n) is 4.18. The molecule has 1 aliphatic rings. The van der Waals surface area contributed by atoms with Crippen LogP contribution in [-0.4, -0.2) is 18.5 Å². The van der Waals surface area contributed by atoms with Crippen LogP contribution in [-0.2, 0) is 17.8 Å². The lowest BCUT2D eigenvalue weighted by Gasteiger charge is -2.16. The van der Waals surface area contributed by atoms with E-state index in [2.05, 4.69) is 10.6 Å². The first kappa shape index (κ1) is 17.0. The standard InChI is InChI=1S/C19H20FN3O2/c1-2-18(24)23-9-8-14-10-13(6-7-17(14)23)12-21-19(25)22-16-5-3-4-15(20)11-16/h3-7,10-11H,2,8-9,12H2,1H3,(H2,21,22,25). The topological polar surface area (TPSA) is 61.4 Å². The van der Waals surface area contributed by atoms with Gasteiger partial charge in [-0.05, 0) is 41.8 Å². The van der Waals surface area contributed by atoms with Crippen molar-refractivity contribution in [3.05, 3.63) is 59.4 Å². The van der Waals surface area contributed by atoms with E-state index < -0.39 is 11.8 Å². The summed E-state index contributed by atoms with van der Waals surface area (Å²) in [6.07, 6.45) is 1.31. The molecule has 0 aliphatic carbocycles. The molecular formula is C19H20FN3O2. The average molecular weight is 341 g/mol. The van der Waals surface area contributed by atoms with Gasteiger partial charge in [-0.1, -0.05) is 25.1 Å². The van der Waals surface area contributed by atoms with E-state index in [1.165, 1.54) is 18.2 Å². The molecule has 130 valence electrons. The molecule has 0 spiro atoms. The number of carbonyl (C=O) groups excluding carboxylic acids is 2. The molecule has 0 unspecified atom stereocenters. The molecule has 0 aromatic heterocycles. The fourth-order valence-electron chi connectivity index (χ4n) is 2.94. The number of rotatable bonds is 4. The Labute approximate surface area is 145 Å². The Morgan fingerprint density at radius 2 is 2.04 bits per heavy atom. The molecule has 0 saturated heterocycles. The van der Waals surface area contributed by atoms with Crippen molar-refractivity contribution in [3.8, 4) is 0 Å². The highest BCUT2D eigenvalue weighted by molar-refractivity contribution is 5.95. The van der Waals surface area contributed by atoms with E-state index in [0.29, 0.717) is 25.2 Å². The van der Waals surface area contributed by atoms with Crippen LogP contribution in [0.2, 0.25) is 0 Å². The van der Waals surface area contributed by atoms with Gasteiger partial charge in [0.15, 0.2) is 0 Å². The summed E-state index contributed by atoms with van der Waals surface area (Å²) < 4.78 is 13.1. The smallest absolute Gasteiger partial charge is 0.319 e. The minimum absolute atomic E-state index is 0.124. The molecule has 2 N–H and O–H groups in total. The van der Waals surface area contributed by atoms with Gasteiger partial charge in [0.2, 0.25) is 5.91 Å². The molecule has 0 atom stereocenters. The maximum absolute atomic E-state index is 13.1. The summed E-state index contributed by atoms with van der Waals surface area (Å²) in [6.45, 7) is 2.92. The third-order valence-corrected chi connectivity index (χ3v) is 4.18. The minimum atomic E-state index is -0.400. The first-order valence-electron chi connectivity index (χ1n) is 8.29. The van der Waals surface area contributed by atoms with Gasteiger partial charge in [-0.15, -0.1) is 0 Å². The Morgan fingerprint density at radius 3 is 2.80 bits per heavy atom. The van der Waals surface area contributed by atoms with Gasteiger partial charge in [0.1, 0.15) is 5.82 Å². The summed E-state index contributed by atoms with van der Waals surface area (Å²) in [5.41, 5.74) is 3.44. The lowest BCUT2D eigenvalue weighted by Crippen LogP contribution is -2.28. The van der Waals surface area contributed by atoms with E-state index in [4.69, 9.17) is 0 Å². The highest BCUT2D eigenvalue weighted by atomic mass is 19.1. The number of halogens is 1. The molecule has 0 radical (unpaired) electrons. The molecule has 6 heteroatoms. The van der Waals surface area contributed by atoms with Gasteiger partial charge in [-0.2, -0.15) is 0 Å². The lowest BCUT2D eigenvalue weighted by molar-refractivity contribution is -0.118. The lowest BCUT2D eigenvalue weighted by atomic mass is 10.1. The van der Waals surface area contributed by atoms with Gasteiger partial charge in [-0.25, -0.2) is 9.18 Å². The first-order chi connectivity index (χ1) is 12.1. The van der Waals surface area contributed by atoms with E-state index >= 15 is 0 Å².